The van der Waals surface area contributed by atoms with Crippen molar-refractivity contribution in [2.75, 3.05) is 36.9 Å². The average molecular weight is 569 g/mol. The predicted molar refractivity (Wildman–Crippen MR) is 157 cm³/mol. The first-order chi connectivity index (χ1) is 19.3. The first kappa shape index (κ1) is 28.6. The van der Waals surface area contributed by atoms with E-state index in [4.69, 9.17) is 4.74 Å². The Kier molecular flexibility index (Phi) is 8.80. The number of amides is 1. The molecule has 2 aliphatic rings. The molecule has 3 N–H and O–H groups in total. The number of ether oxygens (including phenoxy) is 1. The molecule has 1 fully saturated rings. The van der Waals surface area contributed by atoms with Crippen LogP contribution < -0.4 is 14.9 Å². The van der Waals surface area contributed by atoms with Crippen LogP contribution in [-0.4, -0.2) is 74.7 Å². The molecule has 0 bridgehead atoms. The number of aryl methyl sites for hydroxylation is 2. The molecule has 9 nitrogen and oxygen atoms in total. The van der Waals surface area contributed by atoms with E-state index in [-0.39, 0.29) is 17.7 Å². The lowest BCUT2D eigenvalue weighted by molar-refractivity contribution is 0.0657. The molecular weight excluding hydrogens is 528 g/mol. The summed E-state index contributed by atoms with van der Waals surface area (Å²) >= 11 is 0. The highest BCUT2D eigenvalue weighted by Crippen LogP contribution is 2.36. The largest absolute Gasteiger partial charge is 0.390 e. The Morgan fingerprint density at radius 1 is 1.18 bits per heavy atom. The van der Waals surface area contributed by atoms with E-state index in [0.29, 0.717) is 44.0 Å². The Hall–Kier alpha value is -2.92. The van der Waals surface area contributed by atoms with Crippen molar-refractivity contribution in [3.8, 4) is 0 Å². The number of carbonyl (C=O) groups is 1. The second kappa shape index (κ2) is 12.3. The summed E-state index contributed by atoms with van der Waals surface area (Å²) in [4.78, 5) is 13.8. The summed E-state index contributed by atoms with van der Waals surface area (Å²) in [6, 6.07) is 13.1. The van der Waals surface area contributed by atoms with Gasteiger partial charge in [0.15, 0.2) is 0 Å². The number of aromatic nitrogens is 1. The Bertz CT molecular complexity index is 1430. The van der Waals surface area contributed by atoms with Crippen molar-refractivity contribution in [3.05, 3.63) is 65.4 Å². The third-order valence-corrected chi connectivity index (χ3v) is 9.81. The second-order valence-corrected chi connectivity index (χ2v) is 13.0. The van der Waals surface area contributed by atoms with E-state index in [2.05, 4.69) is 17.6 Å². The smallest absolute Gasteiger partial charge is 0.251 e. The molecule has 0 radical (unpaired) electrons. The Balaban J connectivity index is 1.44. The molecule has 1 aromatic heterocycles. The highest BCUT2D eigenvalue weighted by atomic mass is 32.2. The molecule has 0 aliphatic carbocycles. The van der Waals surface area contributed by atoms with Gasteiger partial charge in [-0.2, -0.15) is 0 Å². The van der Waals surface area contributed by atoms with Gasteiger partial charge in [0.2, 0.25) is 10.0 Å². The standard InChI is InChI=1S/C30H40N4O5S/c1-3-7-22-20-34-12-15-40(37,38)33(2)27-18-23(17-25(22)29(27)34)30(36)32-26(16-21-8-5-4-6-9-21)28(35)19-31-24-10-13-39-14-11-24/h4-6,8-9,17-18,20,24,26,28,31,35H,3,7,10-16,19H2,1-2H3,(H,32,36). The molecule has 2 aromatic carbocycles. The van der Waals surface area contributed by atoms with Crippen molar-refractivity contribution in [3.63, 3.8) is 0 Å². The van der Waals surface area contributed by atoms with Gasteiger partial charge in [-0.3, -0.25) is 9.10 Å². The lowest BCUT2D eigenvalue weighted by Crippen LogP contribution is -2.50. The van der Waals surface area contributed by atoms with Crippen molar-refractivity contribution in [1.82, 2.24) is 15.2 Å². The molecule has 2 unspecified atom stereocenters. The normalized spacial score (nSPS) is 18.8. The lowest BCUT2D eigenvalue weighted by atomic mass is 9.99. The van der Waals surface area contributed by atoms with Crippen LogP contribution in [0.25, 0.3) is 10.9 Å². The number of hydrogen-bond acceptors (Lipinski definition) is 6. The van der Waals surface area contributed by atoms with Crippen LogP contribution in [0.15, 0.2) is 48.7 Å². The van der Waals surface area contributed by atoms with E-state index in [1.165, 1.54) is 4.31 Å². The third kappa shape index (κ3) is 6.20. The summed E-state index contributed by atoms with van der Waals surface area (Å²) in [6.45, 7) is 4.23. The van der Waals surface area contributed by atoms with Gasteiger partial charge < -0.3 is 25.0 Å². The summed E-state index contributed by atoms with van der Waals surface area (Å²) in [7, 11) is -1.97. The van der Waals surface area contributed by atoms with Gasteiger partial charge in [-0.1, -0.05) is 43.7 Å². The van der Waals surface area contributed by atoms with E-state index < -0.39 is 22.2 Å². The molecule has 1 amide bonds. The molecule has 3 heterocycles. The topological polar surface area (TPSA) is 113 Å². The maximum absolute atomic E-state index is 13.8. The molecule has 1 saturated heterocycles. The highest BCUT2D eigenvalue weighted by Gasteiger charge is 2.30. The number of benzene rings is 2. The predicted octanol–water partition coefficient (Wildman–Crippen LogP) is 2.84. The molecule has 3 aromatic rings. The van der Waals surface area contributed by atoms with Crippen LogP contribution in [0.2, 0.25) is 0 Å². The zero-order valence-corrected chi connectivity index (χ0v) is 24.1. The van der Waals surface area contributed by atoms with Crippen LogP contribution in [-0.2, 0) is 34.1 Å². The number of hydrogen-bond donors (Lipinski definition) is 3. The first-order valence-electron chi connectivity index (χ1n) is 14.2. The van der Waals surface area contributed by atoms with Gasteiger partial charge in [0, 0.05) is 56.5 Å². The minimum Gasteiger partial charge on any atom is -0.390 e. The number of aliphatic hydroxyl groups is 1. The van der Waals surface area contributed by atoms with Gasteiger partial charge in [0.1, 0.15) is 0 Å². The fourth-order valence-electron chi connectivity index (χ4n) is 5.74. The van der Waals surface area contributed by atoms with Gasteiger partial charge >= 0.3 is 0 Å². The monoisotopic (exact) mass is 568 g/mol. The molecule has 40 heavy (non-hydrogen) atoms. The van der Waals surface area contributed by atoms with Gasteiger partial charge in [-0.05, 0) is 48.9 Å². The van der Waals surface area contributed by atoms with Gasteiger partial charge in [-0.25, -0.2) is 8.42 Å². The van der Waals surface area contributed by atoms with Crippen molar-refractivity contribution in [2.45, 2.75) is 63.8 Å². The van der Waals surface area contributed by atoms with E-state index in [1.807, 2.05) is 47.2 Å². The Morgan fingerprint density at radius 2 is 1.93 bits per heavy atom. The number of nitrogens with one attached hydrogen (secondary N) is 2. The Morgan fingerprint density at radius 3 is 2.65 bits per heavy atom. The summed E-state index contributed by atoms with van der Waals surface area (Å²) in [5.41, 5.74) is 3.83. The molecular formula is C30H40N4O5S. The van der Waals surface area contributed by atoms with Crippen LogP contribution in [0.5, 0.6) is 0 Å². The lowest BCUT2D eigenvalue weighted by Gasteiger charge is -2.28. The highest BCUT2D eigenvalue weighted by molar-refractivity contribution is 7.92. The molecule has 216 valence electrons. The molecule has 0 saturated carbocycles. The molecule has 10 heteroatoms. The molecule has 0 spiro atoms. The van der Waals surface area contributed by atoms with Gasteiger partial charge in [0.25, 0.3) is 5.91 Å². The van der Waals surface area contributed by atoms with Crippen molar-refractivity contribution in [2.24, 2.45) is 0 Å². The molecule has 5 rings (SSSR count). The summed E-state index contributed by atoms with van der Waals surface area (Å²) in [5.74, 6) is -0.338. The van der Waals surface area contributed by atoms with Gasteiger partial charge in [0.05, 0.1) is 29.1 Å². The summed E-state index contributed by atoms with van der Waals surface area (Å²) in [5, 5.41) is 18.7. The number of sulfonamides is 1. The van der Waals surface area contributed by atoms with Crippen LogP contribution in [0, 0.1) is 0 Å². The number of aliphatic hydroxyl groups excluding tert-OH is 1. The zero-order chi connectivity index (χ0) is 28.3. The van der Waals surface area contributed by atoms with Crippen LogP contribution >= 0.6 is 0 Å². The first-order valence-corrected chi connectivity index (χ1v) is 15.8. The minimum atomic E-state index is -3.52. The fraction of sp³-hybridized carbons (Fsp3) is 0.500. The van der Waals surface area contributed by atoms with Crippen LogP contribution in [0.4, 0.5) is 5.69 Å². The maximum atomic E-state index is 13.8. The van der Waals surface area contributed by atoms with E-state index >= 15 is 0 Å². The zero-order valence-electron chi connectivity index (χ0n) is 23.3. The maximum Gasteiger partial charge on any atom is 0.251 e. The van der Waals surface area contributed by atoms with E-state index in [9.17, 15) is 18.3 Å². The number of carbonyl (C=O) groups excluding carboxylic acids is 1. The number of rotatable bonds is 10. The Labute approximate surface area is 236 Å². The van der Waals surface area contributed by atoms with Gasteiger partial charge in [-0.15, -0.1) is 0 Å². The number of nitrogens with zero attached hydrogens (tertiary/aromatic N) is 2. The molecule has 2 aliphatic heterocycles. The van der Waals surface area contributed by atoms with Crippen molar-refractivity contribution in [1.29, 1.82) is 0 Å². The minimum absolute atomic E-state index is 0.000512. The third-order valence-electron chi connectivity index (χ3n) is 8.08. The van der Waals surface area contributed by atoms with Crippen molar-refractivity contribution < 1.29 is 23.1 Å². The van der Waals surface area contributed by atoms with Crippen LogP contribution in [0.1, 0.15) is 47.7 Å². The summed E-state index contributed by atoms with van der Waals surface area (Å²) < 4.78 is 34.6. The summed E-state index contributed by atoms with van der Waals surface area (Å²) in [6.07, 6.45) is 5.21. The number of anilines is 1. The SMILES string of the molecule is CCCc1cn2c3c(cc(C(=O)NC(Cc4ccccc4)C(O)CNC4CCOCC4)cc13)N(C)S(=O)(=O)CC2. The van der Waals surface area contributed by atoms with E-state index in [0.717, 1.165) is 47.7 Å². The average Bonchev–Trinajstić information content (AvgIpc) is 3.28. The quantitative estimate of drug-likeness (QED) is 0.347. The fourth-order valence-corrected chi connectivity index (χ4v) is 6.88. The van der Waals surface area contributed by atoms with E-state index in [1.54, 1.807) is 13.1 Å². The molecule has 2 atom stereocenters. The van der Waals surface area contributed by atoms with Crippen molar-refractivity contribution >= 4 is 32.5 Å². The van der Waals surface area contributed by atoms with Crippen LogP contribution in [0.3, 0.4) is 0 Å². The second-order valence-electron chi connectivity index (χ2n) is 10.9.